The number of hydrogen-bond acceptors (Lipinski definition) is 6. The molecule has 0 radical (unpaired) electrons. The number of carboxylic acids is 1. The maximum atomic E-state index is 9.34. The van der Waals surface area contributed by atoms with E-state index < -0.39 is 12.1 Å². The van der Waals surface area contributed by atoms with E-state index in [-0.39, 0.29) is 5.75 Å². The molecule has 6 nitrogen and oxygen atoms in total. The van der Waals surface area contributed by atoms with Crippen molar-refractivity contribution < 1.29 is 24.9 Å². The predicted molar refractivity (Wildman–Crippen MR) is 123 cm³/mol. The molecule has 2 unspecified atom stereocenters. The van der Waals surface area contributed by atoms with Gasteiger partial charge in [-0.3, -0.25) is 0 Å². The molecule has 6 heteroatoms. The molecule has 3 aromatic rings. The number of carbonyl (C=O) groups excluding carboxylic acids is 1. The van der Waals surface area contributed by atoms with Crippen LogP contribution in [0.2, 0.25) is 0 Å². The number of aromatic hydroxyl groups is 1. The molecular formula is C26H30NO5-. The van der Waals surface area contributed by atoms with Crippen LogP contribution in [0, 0.1) is 0 Å². The van der Waals surface area contributed by atoms with E-state index in [1.54, 1.807) is 24.3 Å². The number of phenolic OH excluding ortho intramolecular Hbond substituents is 1. The molecule has 32 heavy (non-hydrogen) atoms. The highest BCUT2D eigenvalue weighted by Gasteiger charge is 2.03. The van der Waals surface area contributed by atoms with Crippen LogP contribution in [0.25, 0.3) is 0 Å². The highest BCUT2D eigenvalue weighted by atomic mass is 16.5. The topological polar surface area (TPSA) is 102 Å². The Bertz CT molecular complexity index is 925. The SMILES string of the molecule is CC(Cc1ccccc1)NCCc1ccc(Oc2ccc(O)cc2)cc1.CC(O)C(=O)[O-]. The lowest BCUT2D eigenvalue weighted by Crippen LogP contribution is -2.32. The maximum absolute atomic E-state index is 9.34. The molecule has 3 N–H and O–H groups in total. The molecule has 0 saturated heterocycles. The fourth-order valence-corrected chi connectivity index (χ4v) is 2.88. The minimum absolute atomic E-state index is 0.238. The van der Waals surface area contributed by atoms with Gasteiger partial charge < -0.3 is 30.2 Å². The van der Waals surface area contributed by atoms with E-state index in [0.29, 0.717) is 11.8 Å². The summed E-state index contributed by atoms with van der Waals surface area (Å²) in [5.74, 6) is 0.313. The van der Waals surface area contributed by atoms with Crippen LogP contribution in [-0.2, 0) is 17.6 Å². The first-order valence-electron chi connectivity index (χ1n) is 10.6. The fraction of sp³-hybridized carbons (Fsp3) is 0.269. The monoisotopic (exact) mass is 436 g/mol. The quantitative estimate of drug-likeness (QED) is 0.477. The number of carbonyl (C=O) groups is 1. The second kappa shape index (κ2) is 13.1. The lowest BCUT2D eigenvalue weighted by Gasteiger charge is -2.14. The molecule has 3 rings (SSSR count). The van der Waals surface area contributed by atoms with Crippen LogP contribution in [0.15, 0.2) is 78.9 Å². The number of phenols is 1. The van der Waals surface area contributed by atoms with E-state index >= 15 is 0 Å². The van der Waals surface area contributed by atoms with Gasteiger partial charge in [-0.2, -0.15) is 0 Å². The van der Waals surface area contributed by atoms with Crippen molar-refractivity contribution in [3.05, 3.63) is 90.0 Å². The molecule has 170 valence electrons. The van der Waals surface area contributed by atoms with Gasteiger partial charge in [-0.15, -0.1) is 0 Å². The molecule has 0 aliphatic heterocycles. The van der Waals surface area contributed by atoms with Crippen LogP contribution in [0.4, 0.5) is 0 Å². The average Bonchev–Trinajstić information content (AvgIpc) is 2.77. The Morgan fingerprint density at radius 2 is 1.44 bits per heavy atom. The maximum Gasteiger partial charge on any atom is 0.127 e. The van der Waals surface area contributed by atoms with Crippen LogP contribution in [0.1, 0.15) is 25.0 Å². The molecule has 0 heterocycles. The Morgan fingerprint density at radius 3 is 1.97 bits per heavy atom. The first-order valence-corrected chi connectivity index (χ1v) is 10.6. The third kappa shape index (κ3) is 9.64. The van der Waals surface area contributed by atoms with E-state index in [1.165, 1.54) is 11.1 Å². The lowest BCUT2D eigenvalue weighted by atomic mass is 10.1. The number of aliphatic hydroxyl groups excluding tert-OH is 1. The molecule has 0 fully saturated rings. The Labute approximate surface area is 189 Å². The molecule has 2 atom stereocenters. The number of carboxylic acid groups (broad SMARTS) is 1. The first-order chi connectivity index (χ1) is 15.3. The highest BCUT2D eigenvalue weighted by molar-refractivity contribution is 5.68. The molecule has 0 aliphatic rings. The second-order valence-corrected chi connectivity index (χ2v) is 7.53. The van der Waals surface area contributed by atoms with Gasteiger partial charge in [-0.05, 0) is 80.8 Å². The summed E-state index contributed by atoms with van der Waals surface area (Å²) in [6.45, 7) is 4.31. The summed E-state index contributed by atoms with van der Waals surface area (Å²) in [5, 5.41) is 30.2. The number of aliphatic hydroxyl groups is 1. The fourth-order valence-electron chi connectivity index (χ4n) is 2.88. The summed E-state index contributed by atoms with van der Waals surface area (Å²) >= 11 is 0. The first kappa shape index (κ1) is 24.9. The van der Waals surface area contributed by atoms with E-state index in [4.69, 9.17) is 9.84 Å². The van der Waals surface area contributed by atoms with Gasteiger partial charge in [-0.25, -0.2) is 0 Å². The van der Waals surface area contributed by atoms with Gasteiger partial charge in [0.25, 0.3) is 0 Å². The van der Waals surface area contributed by atoms with Crippen molar-refractivity contribution in [3.63, 3.8) is 0 Å². The van der Waals surface area contributed by atoms with Gasteiger partial charge in [-0.1, -0.05) is 42.5 Å². The molecule has 0 bridgehead atoms. The van der Waals surface area contributed by atoms with Crippen LogP contribution in [0.3, 0.4) is 0 Å². The van der Waals surface area contributed by atoms with Crippen LogP contribution < -0.4 is 15.2 Å². The second-order valence-electron chi connectivity index (χ2n) is 7.53. The average molecular weight is 437 g/mol. The van der Waals surface area contributed by atoms with E-state index in [1.807, 2.05) is 12.1 Å². The van der Waals surface area contributed by atoms with E-state index in [9.17, 15) is 15.0 Å². The molecule has 0 amide bonds. The van der Waals surface area contributed by atoms with Crippen LogP contribution >= 0.6 is 0 Å². The number of benzene rings is 3. The van der Waals surface area contributed by atoms with E-state index in [2.05, 4.69) is 54.7 Å². The Morgan fingerprint density at radius 1 is 0.906 bits per heavy atom. The van der Waals surface area contributed by atoms with Crippen molar-refractivity contribution in [3.8, 4) is 17.2 Å². The molecule has 0 spiro atoms. The van der Waals surface area contributed by atoms with Crippen molar-refractivity contribution in [1.82, 2.24) is 5.32 Å². The van der Waals surface area contributed by atoms with Gasteiger partial charge in [0.05, 0.1) is 12.1 Å². The normalized spacial score (nSPS) is 12.2. The Hall–Kier alpha value is -3.35. The standard InChI is InChI=1S/C23H25NO2.C3H6O3/c1-18(17-20-5-3-2-4-6-20)24-16-15-19-7-11-22(12-8-19)26-23-13-9-21(25)10-14-23;1-2(4)3(5)6/h2-14,18,24-25H,15-17H2,1H3;2,4H,1H3,(H,5,6)/p-1. The third-order valence-corrected chi connectivity index (χ3v) is 4.63. The van der Waals surface area contributed by atoms with Crippen molar-refractivity contribution in [2.45, 2.75) is 38.8 Å². The number of hydrogen-bond donors (Lipinski definition) is 3. The molecule has 0 aliphatic carbocycles. The molecular weight excluding hydrogens is 406 g/mol. The van der Waals surface area contributed by atoms with Gasteiger partial charge in [0.1, 0.15) is 17.2 Å². The minimum Gasteiger partial charge on any atom is -0.547 e. The smallest absolute Gasteiger partial charge is 0.127 e. The summed E-state index contributed by atoms with van der Waals surface area (Å²) < 4.78 is 5.77. The summed E-state index contributed by atoms with van der Waals surface area (Å²) in [6.07, 6.45) is 0.684. The predicted octanol–water partition coefficient (Wildman–Crippen LogP) is 3.06. The molecule has 3 aromatic carbocycles. The molecule has 0 saturated carbocycles. The van der Waals surface area contributed by atoms with Gasteiger partial charge in [0.2, 0.25) is 0 Å². The Balaban J connectivity index is 0.000000534. The van der Waals surface area contributed by atoms with Crippen molar-refractivity contribution in [2.24, 2.45) is 0 Å². The summed E-state index contributed by atoms with van der Waals surface area (Å²) in [4.78, 5) is 9.34. The van der Waals surface area contributed by atoms with Crippen LogP contribution in [-0.4, -0.2) is 34.9 Å². The number of nitrogens with one attached hydrogen (secondary N) is 1. The van der Waals surface area contributed by atoms with Crippen LogP contribution in [0.5, 0.6) is 17.2 Å². The summed E-state index contributed by atoms with van der Waals surface area (Å²) in [6, 6.07) is 25.9. The summed E-state index contributed by atoms with van der Waals surface area (Å²) in [7, 11) is 0. The zero-order valence-electron chi connectivity index (χ0n) is 18.4. The van der Waals surface area contributed by atoms with Crippen molar-refractivity contribution in [1.29, 1.82) is 0 Å². The van der Waals surface area contributed by atoms with Crippen molar-refractivity contribution in [2.75, 3.05) is 6.54 Å². The van der Waals surface area contributed by atoms with Gasteiger partial charge in [0, 0.05) is 6.04 Å². The Kier molecular flexibility index (Phi) is 10.2. The van der Waals surface area contributed by atoms with E-state index in [0.717, 1.165) is 32.1 Å². The minimum atomic E-state index is -1.44. The lowest BCUT2D eigenvalue weighted by molar-refractivity contribution is -0.314. The molecule has 0 aromatic heterocycles. The van der Waals surface area contributed by atoms with Gasteiger partial charge in [0.15, 0.2) is 0 Å². The zero-order valence-corrected chi connectivity index (χ0v) is 18.4. The van der Waals surface area contributed by atoms with Gasteiger partial charge >= 0.3 is 0 Å². The summed E-state index contributed by atoms with van der Waals surface area (Å²) in [5.41, 5.74) is 2.64. The van der Waals surface area contributed by atoms with Crippen molar-refractivity contribution >= 4 is 5.97 Å². The third-order valence-electron chi connectivity index (χ3n) is 4.63. The number of rotatable bonds is 9. The largest absolute Gasteiger partial charge is 0.547 e. The highest BCUT2D eigenvalue weighted by Crippen LogP contribution is 2.23. The number of aliphatic carboxylic acids is 1. The number of ether oxygens (including phenoxy) is 1. The zero-order chi connectivity index (χ0) is 23.3.